The summed E-state index contributed by atoms with van der Waals surface area (Å²) in [6.07, 6.45) is 0.840. The summed E-state index contributed by atoms with van der Waals surface area (Å²) in [6.45, 7) is 4.76. The predicted octanol–water partition coefficient (Wildman–Crippen LogP) is 3.43. The standard InChI is InChI=1S/C21H26N2O2/c1-21(2,20(25)23-16-18-11-7-4-8-12-18)14-13-19(24)22-15-17-9-5-3-6-10-17/h3-12H,13-16H2,1-2H3,(H,22,24)(H,23,25). The molecule has 0 fully saturated rings. The van der Waals surface area contributed by atoms with E-state index in [1.54, 1.807) is 0 Å². The highest BCUT2D eigenvalue weighted by molar-refractivity contribution is 5.83. The molecule has 2 N–H and O–H groups in total. The zero-order valence-corrected chi connectivity index (χ0v) is 14.9. The Morgan fingerprint density at radius 3 is 1.80 bits per heavy atom. The molecule has 0 saturated carbocycles. The van der Waals surface area contributed by atoms with Gasteiger partial charge < -0.3 is 10.6 Å². The number of carbonyl (C=O) groups excluding carboxylic acids is 2. The van der Waals surface area contributed by atoms with Gasteiger partial charge in [0, 0.05) is 24.9 Å². The van der Waals surface area contributed by atoms with Crippen molar-refractivity contribution in [3.8, 4) is 0 Å². The maximum Gasteiger partial charge on any atom is 0.225 e. The first-order chi connectivity index (χ1) is 12.0. The Bertz CT molecular complexity index is 682. The summed E-state index contributed by atoms with van der Waals surface area (Å²) < 4.78 is 0. The third-order valence-electron chi connectivity index (χ3n) is 4.22. The summed E-state index contributed by atoms with van der Waals surface area (Å²) in [6, 6.07) is 19.6. The van der Waals surface area contributed by atoms with E-state index < -0.39 is 5.41 Å². The van der Waals surface area contributed by atoms with E-state index in [4.69, 9.17) is 0 Å². The van der Waals surface area contributed by atoms with Gasteiger partial charge in [0.05, 0.1) is 0 Å². The minimum atomic E-state index is -0.584. The van der Waals surface area contributed by atoms with Crippen LogP contribution < -0.4 is 10.6 Å². The quantitative estimate of drug-likeness (QED) is 0.775. The Kier molecular flexibility index (Phi) is 6.75. The van der Waals surface area contributed by atoms with Crippen LogP contribution in [0.3, 0.4) is 0 Å². The molecule has 0 aliphatic carbocycles. The van der Waals surface area contributed by atoms with Crippen molar-refractivity contribution in [2.24, 2.45) is 5.41 Å². The fourth-order valence-corrected chi connectivity index (χ4v) is 2.44. The maximum absolute atomic E-state index is 12.4. The molecule has 2 amide bonds. The van der Waals surface area contributed by atoms with Crippen LogP contribution in [0, 0.1) is 5.41 Å². The summed E-state index contributed by atoms with van der Waals surface area (Å²) in [5, 5.41) is 5.85. The van der Waals surface area contributed by atoms with Crippen molar-refractivity contribution in [2.45, 2.75) is 39.8 Å². The van der Waals surface area contributed by atoms with Crippen LogP contribution in [-0.2, 0) is 22.7 Å². The van der Waals surface area contributed by atoms with Crippen molar-refractivity contribution in [1.29, 1.82) is 0 Å². The molecule has 0 atom stereocenters. The molecular weight excluding hydrogens is 312 g/mol. The van der Waals surface area contributed by atoms with E-state index >= 15 is 0 Å². The van der Waals surface area contributed by atoms with Gasteiger partial charge in [-0.25, -0.2) is 0 Å². The van der Waals surface area contributed by atoms with Crippen molar-refractivity contribution in [1.82, 2.24) is 10.6 Å². The number of hydrogen-bond acceptors (Lipinski definition) is 2. The Morgan fingerprint density at radius 2 is 1.28 bits per heavy atom. The second-order valence-corrected chi connectivity index (χ2v) is 6.81. The smallest absolute Gasteiger partial charge is 0.225 e. The molecule has 0 bridgehead atoms. The molecule has 0 aromatic heterocycles. The van der Waals surface area contributed by atoms with Crippen LogP contribution in [0.2, 0.25) is 0 Å². The van der Waals surface area contributed by atoms with E-state index in [-0.39, 0.29) is 11.8 Å². The highest BCUT2D eigenvalue weighted by Crippen LogP contribution is 2.22. The fourth-order valence-electron chi connectivity index (χ4n) is 2.44. The molecule has 2 aromatic rings. The zero-order valence-electron chi connectivity index (χ0n) is 14.9. The van der Waals surface area contributed by atoms with E-state index in [1.807, 2.05) is 74.5 Å². The topological polar surface area (TPSA) is 58.2 Å². The van der Waals surface area contributed by atoms with Crippen LogP contribution in [0.5, 0.6) is 0 Å². The molecule has 0 aliphatic heterocycles. The minimum absolute atomic E-state index is 0.0345. The molecule has 25 heavy (non-hydrogen) atoms. The molecule has 0 heterocycles. The van der Waals surface area contributed by atoms with Crippen LogP contribution in [0.4, 0.5) is 0 Å². The molecule has 0 aliphatic rings. The normalized spacial score (nSPS) is 11.0. The largest absolute Gasteiger partial charge is 0.352 e. The van der Waals surface area contributed by atoms with Crippen LogP contribution >= 0.6 is 0 Å². The molecule has 2 rings (SSSR count). The molecule has 0 spiro atoms. The lowest BCUT2D eigenvalue weighted by molar-refractivity contribution is -0.130. The number of rotatable bonds is 8. The number of hydrogen-bond donors (Lipinski definition) is 2. The number of benzene rings is 2. The second kappa shape index (κ2) is 9.02. The average Bonchev–Trinajstić information content (AvgIpc) is 2.64. The third kappa shape index (κ3) is 6.42. The molecule has 4 nitrogen and oxygen atoms in total. The van der Waals surface area contributed by atoms with E-state index in [0.29, 0.717) is 25.9 Å². The van der Waals surface area contributed by atoms with Crippen LogP contribution in [-0.4, -0.2) is 11.8 Å². The van der Waals surface area contributed by atoms with Gasteiger partial charge in [0.1, 0.15) is 0 Å². The van der Waals surface area contributed by atoms with E-state index in [1.165, 1.54) is 0 Å². The van der Waals surface area contributed by atoms with Gasteiger partial charge in [-0.2, -0.15) is 0 Å². The zero-order chi connectivity index (χ0) is 18.1. The lowest BCUT2D eigenvalue weighted by Crippen LogP contribution is -2.37. The lowest BCUT2D eigenvalue weighted by Gasteiger charge is -2.23. The number of carbonyl (C=O) groups is 2. The van der Waals surface area contributed by atoms with Crippen LogP contribution in [0.15, 0.2) is 60.7 Å². The van der Waals surface area contributed by atoms with Crippen LogP contribution in [0.25, 0.3) is 0 Å². The summed E-state index contributed by atoms with van der Waals surface area (Å²) in [7, 11) is 0. The summed E-state index contributed by atoms with van der Waals surface area (Å²) in [5.74, 6) is -0.0694. The monoisotopic (exact) mass is 338 g/mol. The summed E-state index contributed by atoms with van der Waals surface area (Å²) in [5.41, 5.74) is 1.54. The van der Waals surface area contributed by atoms with Crippen molar-refractivity contribution < 1.29 is 9.59 Å². The van der Waals surface area contributed by atoms with Gasteiger partial charge in [0.25, 0.3) is 0 Å². The first-order valence-electron chi connectivity index (χ1n) is 8.60. The molecular formula is C21H26N2O2. The fraction of sp³-hybridized carbons (Fsp3) is 0.333. The molecule has 132 valence electrons. The molecule has 0 saturated heterocycles. The second-order valence-electron chi connectivity index (χ2n) is 6.81. The SMILES string of the molecule is CC(C)(CCC(=O)NCc1ccccc1)C(=O)NCc1ccccc1. The minimum Gasteiger partial charge on any atom is -0.352 e. The van der Waals surface area contributed by atoms with Gasteiger partial charge in [-0.15, -0.1) is 0 Å². The van der Waals surface area contributed by atoms with Gasteiger partial charge in [0.2, 0.25) is 11.8 Å². The van der Waals surface area contributed by atoms with Gasteiger partial charge in [-0.1, -0.05) is 74.5 Å². The predicted molar refractivity (Wildman–Crippen MR) is 99.6 cm³/mol. The molecule has 0 radical (unpaired) electrons. The Balaban J connectivity index is 1.73. The third-order valence-corrected chi connectivity index (χ3v) is 4.22. The highest BCUT2D eigenvalue weighted by Gasteiger charge is 2.27. The number of amides is 2. The van der Waals surface area contributed by atoms with Crippen molar-refractivity contribution in [3.63, 3.8) is 0 Å². The van der Waals surface area contributed by atoms with E-state index in [9.17, 15) is 9.59 Å². The Morgan fingerprint density at radius 1 is 0.800 bits per heavy atom. The maximum atomic E-state index is 12.4. The molecule has 0 unspecified atom stereocenters. The highest BCUT2D eigenvalue weighted by atomic mass is 16.2. The lowest BCUT2D eigenvalue weighted by atomic mass is 9.86. The summed E-state index contributed by atoms with van der Waals surface area (Å²) >= 11 is 0. The van der Waals surface area contributed by atoms with Crippen molar-refractivity contribution in [2.75, 3.05) is 0 Å². The van der Waals surface area contributed by atoms with Gasteiger partial charge in [0.15, 0.2) is 0 Å². The van der Waals surface area contributed by atoms with Gasteiger partial charge in [-0.3, -0.25) is 9.59 Å². The molecule has 4 heteroatoms. The van der Waals surface area contributed by atoms with Gasteiger partial charge in [-0.05, 0) is 17.5 Å². The summed E-state index contributed by atoms with van der Waals surface area (Å²) in [4.78, 5) is 24.4. The first kappa shape index (κ1) is 18.7. The number of nitrogens with one attached hydrogen (secondary N) is 2. The Hall–Kier alpha value is -2.62. The van der Waals surface area contributed by atoms with Gasteiger partial charge >= 0.3 is 0 Å². The first-order valence-corrected chi connectivity index (χ1v) is 8.60. The van der Waals surface area contributed by atoms with E-state index in [2.05, 4.69) is 10.6 Å². The van der Waals surface area contributed by atoms with Crippen molar-refractivity contribution >= 4 is 11.8 Å². The van der Waals surface area contributed by atoms with E-state index in [0.717, 1.165) is 11.1 Å². The average molecular weight is 338 g/mol. The molecule has 2 aromatic carbocycles. The Labute approximate surface area is 149 Å². The van der Waals surface area contributed by atoms with Crippen LogP contribution in [0.1, 0.15) is 37.8 Å². The van der Waals surface area contributed by atoms with Crippen molar-refractivity contribution in [3.05, 3.63) is 71.8 Å².